The molecule has 2 unspecified atom stereocenters. The maximum atomic E-state index is 12.2. The lowest BCUT2D eigenvalue weighted by Crippen LogP contribution is -2.40. The number of anilines is 1. The second kappa shape index (κ2) is 8.34. The maximum Gasteiger partial charge on any atom is 0.321 e. The lowest BCUT2D eigenvalue weighted by atomic mass is 10.2. The van der Waals surface area contributed by atoms with Crippen molar-refractivity contribution in [1.82, 2.24) is 4.90 Å². The first kappa shape index (κ1) is 17.8. The number of nitrogens with zero attached hydrogens (tertiary/aromatic N) is 1. The minimum atomic E-state index is -0.923. The standard InChI is InChI=1S/C17H26N2O3S/c1-13(12-23(3)21)19(2)17(20)18-14-8-10-16(11-9-14)22-15-6-4-5-7-15/h8-11,13,15H,4-7,12H2,1-3H3,(H,18,20). The number of benzene rings is 1. The molecule has 0 aliphatic heterocycles. The first-order valence-electron chi connectivity index (χ1n) is 8.06. The number of nitrogens with one attached hydrogen (secondary N) is 1. The minimum absolute atomic E-state index is 0.0780. The summed E-state index contributed by atoms with van der Waals surface area (Å²) < 4.78 is 17.2. The van der Waals surface area contributed by atoms with Gasteiger partial charge in [0, 0.05) is 41.6 Å². The predicted octanol–water partition coefficient (Wildman–Crippen LogP) is 3.24. The van der Waals surface area contributed by atoms with E-state index in [4.69, 9.17) is 4.74 Å². The lowest BCUT2D eigenvalue weighted by Gasteiger charge is -2.24. The van der Waals surface area contributed by atoms with Gasteiger partial charge in [-0.1, -0.05) is 0 Å². The van der Waals surface area contributed by atoms with Crippen LogP contribution in [0.25, 0.3) is 0 Å². The van der Waals surface area contributed by atoms with E-state index in [-0.39, 0.29) is 12.1 Å². The Morgan fingerprint density at radius 1 is 1.35 bits per heavy atom. The molecule has 2 amide bonds. The van der Waals surface area contributed by atoms with Gasteiger partial charge in [-0.05, 0) is 56.9 Å². The number of hydrogen-bond donors (Lipinski definition) is 1. The quantitative estimate of drug-likeness (QED) is 0.866. The van der Waals surface area contributed by atoms with Crippen molar-refractivity contribution >= 4 is 22.5 Å². The maximum absolute atomic E-state index is 12.2. The van der Waals surface area contributed by atoms with Crippen LogP contribution in [0.2, 0.25) is 0 Å². The van der Waals surface area contributed by atoms with Crippen LogP contribution in [-0.4, -0.2) is 46.3 Å². The molecule has 2 rings (SSSR count). The Hall–Kier alpha value is -1.56. The molecule has 0 spiro atoms. The molecule has 1 aromatic carbocycles. The van der Waals surface area contributed by atoms with E-state index in [0.29, 0.717) is 11.9 Å². The van der Waals surface area contributed by atoms with Crippen molar-refractivity contribution in [3.63, 3.8) is 0 Å². The fourth-order valence-electron chi connectivity index (χ4n) is 2.68. The minimum Gasteiger partial charge on any atom is -0.490 e. The van der Waals surface area contributed by atoms with Crippen LogP contribution < -0.4 is 10.1 Å². The SMILES string of the molecule is CC(CS(C)=O)N(C)C(=O)Nc1ccc(OC2CCCC2)cc1. The van der Waals surface area contributed by atoms with Gasteiger partial charge in [0.15, 0.2) is 0 Å². The van der Waals surface area contributed by atoms with Crippen molar-refractivity contribution in [3.8, 4) is 5.75 Å². The molecular formula is C17H26N2O3S. The summed E-state index contributed by atoms with van der Waals surface area (Å²) in [4.78, 5) is 13.8. The zero-order chi connectivity index (χ0) is 16.8. The summed E-state index contributed by atoms with van der Waals surface area (Å²) in [5.74, 6) is 1.32. The number of rotatable bonds is 6. The molecule has 1 aliphatic carbocycles. The third-order valence-corrected chi connectivity index (χ3v) is 5.12. The predicted molar refractivity (Wildman–Crippen MR) is 94.5 cm³/mol. The Balaban J connectivity index is 1.86. The molecule has 5 nitrogen and oxygen atoms in total. The Kier molecular flexibility index (Phi) is 6.45. The van der Waals surface area contributed by atoms with E-state index in [2.05, 4.69) is 5.32 Å². The first-order valence-corrected chi connectivity index (χ1v) is 9.79. The van der Waals surface area contributed by atoms with Crippen LogP contribution in [0, 0.1) is 0 Å². The number of urea groups is 1. The van der Waals surface area contributed by atoms with E-state index < -0.39 is 10.8 Å². The second-order valence-electron chi connectivity index (χ2n) is 6.18. The van der Waals surface area contributed by atoms with Crippen molar-refractivity contribution < 1.29 is 13.7 Å². The number of carbonyl (C=O) groups is 1. The molecule has 1 aromatic rings. The average Bonchev–Trinajstić information content (AvgIpc) is 3.00. The van der Waals surface area contributed by atoms with Crippen molar-refractivity contribution in [2.45, 2.75) is 44.8 Å². The third kappa shape index (κ3) is 5.53. The molecule has 6 heteroatoms. The fraction of sp³-hybridized carbons (Fsp3) is 0.588. The van der Waals surface area contributed by atoms with Crippen molar-refractivity contribution in [1.29, 1.82) is 0 Å². The summed E-state index contributed by atoms with van der Waals surface area (Å²) >= 11 is 0. The van der Waals surface area contributed by atoms with Crippen LogP contribution in [0.15, 0.2) is 24.3 Å². The Morgan fingerprint density at radius 3 is 2.52 bits per heavy atom. The van der Waals surface area contributed by atoms with E-state index in [1.54, 1.807) is 18.2 Å². The molecule has 0 radical (unpaired) electrons. The first-order chi connectivity index (χ1) is 11.0. The Morgan fingerprint density at radius 2 is 1.96 bits per heavy atom. The van der Waals surface area contributed by atoms with Gasteiger partial charge in [-0.25, -0.2) is 4.79 Å². The van der Waals surface area contributed by atoms with Gasteiger partial charge in [0.2, 0.25) is 0 Å². The zero-order valence-electron chi connectivity index (χ0n) is 14.1. The summed E-state index contributed by atoms with van der Waals surface area (Å²) in [6.07, 6.45) is 6.71. The molecule has 0 aromatic heterocycles. The average molecular weight is 338 g/mol. The van der Waals surface area contributed by atoms with E-state index in [9.17, 15) is 9.00 Å². The highest BCUT2D eigenvalue weighted by Crippen LogP contribution is 2.25. The molecule has 23 heavy (non-hydrogen) atoms. The molecule has 1 saturated carbocycles. The highest BCUT2D eigenvalue weighted by Gasteiger charge is 2.18. The largest absolute Gasteiger partial charge is 0.490 e. The topological polar surface area (TPSA) is 58.6 Å². The monoisotopic (exact) mass is 338 g/mol. The molecule has 128 valence electrons. The van der Waals surface area contributed by atoms with Gasteiger partial charge in [0.1, 0.15) is 5.75 Å². The molecule has 1 N–H and O–H groups in total. The summed E-state index contributed by atoms with van der Waals surface area (Å²) in [6, 6.07) is 7.19. The molecule has 0 bridgehead atoms. The van der Waals surface area contributed by atoms with Crippen LogP contribution in [0.5, 0.6) is 5.75 Å². The van der Waals surface area contributed by atoms with Gasteiger partial charge in [0.25, 0.3) is 0 Å². The summed E-state index contributed by atoms with van der Waals surface area (Å²) in [5.41, 5.74) is 0.727. The second-order valence-corrected chi connectivity index (χ2v) is 7.66. The molecule has 1 aliphatic rings. The van der Waals surface area contributed by atoms with Gasteiger partial charge in [-0.3, -0.25) is 4.21 Å². The van der Waals surface area contributed by atoms with Gasteiger partial charge < -0.3 is 15.0 Å². The van der Waals surface area contributed by atoms with Crippen molar-refractivity contribution in [3.05, 3.63) is 24.3 Å². The Bertz CT molecular complexity index is 541. The fourth-order valence-corrected chi connectivity index (χ4v) is 3.58. The molecular weight excluding hydrogens is 312 g/mol. The summed E-state index contributed by atoms with van der Waals surface area (Å²) in [6.45, 7) is 1.89. The smallest absolute Gasteiger partial charge is 0.321 e. The van der Waals surface area contributed by atoms with E-state index in [1.165, 1.54) is 12.8 Å². The highest BCUT2D eigenvalue weighted by molar-refractivity contribution is 7.84. The van der Waals surface area contributed by atoms with Crippen LogP contribution in [0.1, 0.15) is 32.6 Å². The summed E-state index contributed by atoms with van der Waals surface area (Å²) in [7, 11) is 0.789. The molecule has 0 heterocycles. The highest BCUT2D eigenvalue weighted by atomic mass is 32.2. The van der Waals surface area contributed by atoms with Crippen molar-refractivity contribution in [2.75, 3.05) is 24.4 Å². The lowest BCUT2D eigenvalue weighted by molar-refractivity contribution is 0.209. The van der Waals surface area contributed by atoms with E-state index in [1.807, 2.05) is 31.2 Å². The van der Waals surface area contributed by atoms with Crippen LogP contribution in [-0.2, 0) is 10.8 Å². The molecule has 2 atom stereocenters. The number of hydrogen-bond acceptors (Lipinski definition) is 3. The third-order valence-electron chi connectivity index (χ3n) is 4.17. The van der Waals surface area contributed by atoms with E-state index in [0.717, 1.165) is 24.3 Å². The normalized spacial score (nSPS) is 17.5. The van der Waals surface area contributed by atoms with Gasteiger partial charge in [0.05, 0.1) is 6.10 Å². The summed E-state index contributed by atoms with van der Waals surface area (Å²) in [5, 5.41) is 2.85. The van der Waals surface area contributed by atoms with Crippen LogP contribution in [0.3, 0.4) is 0 Å². The number of ether oxygens (including phenoxy) is 1. The van der Waals surface area contributed by atoms with Crippen LogP contribution in [0.4, 0.5) is 10.5 Å². The van der Waals surface area contributed by atoms with Gasteiger partial charge >= 0.3 is 6.03 Å². The molecule has 0 saturated heterocycles. The van der Waals surface area contributed by atoms with Crippen LogP contribution >= 0.6 is 0 Å². The Labute approximate surface area is 140 Å². The van der Waals surface area contributed by atoms with E-state index >= 15 is 0 Å². The van der Waals surface area contributed by atoms with Crippen molar-refractivity contribution in [2.24, 2.45) is 0 Å². The zero-order valence-corrected chi connectivity index (χ0v) is 14.9. The number of carbonyl (C=O) groups excluding carboxylic acids is 1. The number of amides is 2. The van der Waals surface area contributed by atoms with Gasteiger partial charge in [-0.15, -0.1) is 0 Å². The molecule has 1 fully saturated rings. The van der Waals surface area contributed by atoms with Gasteiger partial charge in [-0.2, -0.15) is 0 Å².